The zero-order valence-corrected chi connectivity index (χ0v) is 10.7. The number of hydrogen-bond acceptors (Lipinski definition) is 3. The lowest BCUT2D eigenvalue weighted by molar-refractivity contribution is -0.227. The molecule has 0 aromatic carbocycles. The molecule has 6 nitrogen and oxygen atoms in total. The van der Waals surface area contributed by atoms with Gasteiger partial charge in [-0.2, -0.15) is 13.2 Å². The second-order valence-electron chi connectivity index (χ2n) is 4.94. The molecule has 1 unspecified atom stereocenters. The van der Waals surface area contributed by atoms with Crippen LogP contribution in [0.25, 0.3) is 0 Å². The van der Waals surface area contributed by atoms with Gasteiger partial charge in [0.1, 0.15) is 0 Å². The summed E-state index contributed by atoms with van der Waals surface area (Å²) in [5, 5.41) is 8.92. The van der Waals surface area contributed by atoms with Gasteiger partial charge in [-0.1, -0.05) is 0 Å². The smallest absolute Gasteiger partial charge is 0.406 e. The largest absolute Gasteiger partial charge is 0.481 e. The highest BCUT2D eigenvalue weighted by Crippen LogP contribution is 2.45. The van der Waals surface area contributed by atoms with Gasteiger partial charge < -0.3 is 19.6 Å². The first kappa shape index (κ1) is 14.9. The van der Waals surface area contributed by atoms with Gasteiger partial charge in [-0.25, -0.2) is 4.79 Å². The number of carbonyl (C=O) groups excluding carboxylic acids is 1. The Morgan fingerprint density at radius 2 is 1.70 bits per heavy atom. The van der Waals surface area contributed by atoms with E-state index >= 15 is 0 Å². The third-order valence-corrected chi connectivity index (χ3v) is 3.77. The molecule has 2 heterocycles. The number of halogens is 3. The summed E-state index contributed by atoms with van der Waals surface area (Å²) < 4.78 is 44.0. The Morgan fingerprint density at radius 3 is 2.15 bits per heavy atom. The minimum absolute atomic E-state index is 0.206. The molecule has 0 radical (unpaired) electrons. The topological polar surface area (TPSA) is 70.1 Å². The molecule has 9 heteroatoms. The second kappa shape index (κ2) is 5.12. The van der Waals surface area contributed by atoms with Crippen molar-refractivity contribution in [1.82, 2.24) is 9.80 Å². The van der Waals surface area contributed by atoms with Gasteiger partial charge in [-0.15, -0.1) is 0 Å². The summed E-state index contributed by atoms with van der Waals surface area (Å²) in [5.41, 5.74) is -2.85. The van der Waals surface area contributed by atoms with Crippen molar-refractivity contribution in [3.05, 3.63) is 0 Å². The number of likely N-dealkylation sites (tertiary alicyclic amines) is 1. The molecule has 2 saturated heterocycles. The fourth-order valence-corrected chi connectivity index (χ4v) is 2.45. The van der Waals surface area contributed by atoms with Gasteiger partial charge in [0.05, 0.1) is 13.2 Å². The van der Waals surface area contributed by atoms with Crippen molar-refractivity contribution in [2.24, 2.45) is 5.41 Å². The van der Waals surface area contributed by atoms with E-state index in [9.17, 15) is 22.8 Å². The first-order valence-corrected chi connectivity index (χ1v) is 6.20. The highest BCUT2D eigenvalue weighted by molar-refractivity contribution is 5.80. The number of carbonyl (C=O) groups is 2. The standard InChI is InChI=1S/C11H15F3N2O4/c12-11(13,14)10(8(17)18)1-2-16(7-10)9(19)15-3-5-20-6-4-15/h1-7H2,(H,17,18). The van der Waals surface area contributed by atoms with Crippen LogP contribution in [-0.2, 0) is 9.53 Å². The lowest BCUT2D eigenvalue weighted by atomic mass is 9.86. The molecule has 0 aromatic rings. The van der Waals surface area contributed by atoms with Gasteiger partial charge >= 0.3 is 18.2 Å². The van der Waals surface area contributed by atoms with Crippen LogP contribution in [0, 0.1) is 5.41 Å². The van der Waals surface area contributed by atoms with Crippen molar-refractivity contribution < 1.29 is 32.6 Å². The van der Waals surface area contributed by atoms with Crippen molar-refractivity contribution in [3.8, 4) is 0 Å². The molecule has 0 aliphatic carbocycles. The number of aliphatic carboxylic acids is 1. The minimum Gasteiger partial charge on any atom is -0.481 e. The molecule has 2 aliphatic rings. The molecular formula is C11H15F3N2O4. The molecule has 2 aliphatic heterocycles. The van der Waals surface area contributed by atoms with E-state index in [1.54, 1.807) is 0 Å². The number of ether oxygens (including phenoxy) is 1. The number of morpholine rings is 1. The van der Waals surface area contributed by atoms with Crippen molar-refractivity contribution >= 4 is 12.0 Å². The van der Waals surface area contributed by atoms with Crippen LogP contribution >= 0.6 is 0 Å². The monoisotopic (exact) mass is 296 g/mol. The number of hydrogen-bond donors (Lipinski definition) is 1. The fourth-order valence-electron chi connectivity index (χ4n) is 2.45. The van der Waals surface area contributed by atoms with E-state index in [0.29, 0.717) is 26.3 Å². The van der Waals surface area contributed by atoms with Gasteiger partial charge in [0.25, 0.3) is 0 Å². The number of urea groups is 1. The summed E-state index contributed by atoms with van der Waals surface area (Å²) in [6.45, 7) is 0.249. The van der Waals surface area contributed by atoms with Crippen LogP contribution in [0.4, 0.5) is 18.0 Å². The molecular weight excluding hydrogens is 281 g/mol. The van der Waals surface area contributed by atoms with Crippen LogP contribution in [0.5, 0.6) is 0 Å². The van der Waals surface area contributed by atoms with Gasteiger partial charge in [-0.3, -0.25) is 4.79 Å². The molecule has 0 aromatic heterocycles. The van der Waals surface area contributed by atoms with Crippen LogP contribution < -0.4 is 0 Å². The summed E-state index contributed by atoms with van der Waals surface area (Å²) in [6.07, 6.45) is -5.49. The summed E-state index contributed by atoms with van der Waals surface area (Å²) in [4.78, 5) is 25.4. The van der Waals surface area contributed by atoms with Gasteiger partial charge in [0.15, 0.2) is 5.41 Å². The molecule has 114 valence electrons. The Kier molecular flexibility index (Phi) is 3.81. The minimum atomic E-state index is -4.88. The zero-order valence-electron chi connectivity index (χ0n) is 10.7. The molecule has 20 heavy (non-hydrogen) atoms. The van der Waals surface area contributed by atoms with Crippen molar-refractivity contribution in [3.63, 3.8) is 0 Å². The number of rotatable bonds is 1. The van der Waals surface area contributed by atoms with Crippen molar-refractivity contribution in [1.29, 1.82) is 0 Å². The lowest BCUT2D eigenvalue weighted by Crippen LogP contribution is -2.51. The van der Waals surface area contributed by atoms with E-state index in [-0.39, 0.29) is 6.54 Å². The van der Waals surface area contributed by atoms with Crippen molar-refractivity contribution in [2.75, 3.05) is 39.4 Å². The average Bonchev–Trinajstić information content (AvgIpc) is 2.85. The fraction of sp³-hybridized carbons (Fsp3) is 0.818. The van der Waals surface area contributed by atoms with E-state index < -0.39 is 36.6 Å². The number of alkyl halides is 3. The van der Waals surface area contributed by atoms with E-state index in [1.807, 2.05) is 0 Å². The second-order valence-corrected chi connectivity index (χ2v) is 4.94. The molecule has 0 bridgehead atoms. The molecule has 0 spiro atoms. The number of nitrogens with zero attached hydrogens (tertiary/aromatic N) is 2. The van der Waals surface area contributed by atoms with Crippen LogP contribution in [-0.4, -0.2) is 72.5 Å². The molecule has 1 atom stereocenters. The molecule has 1 N–H and O–H groups in total. The van der Waals surface area contributed by atoms with Crippen LogP contribution in [0.15, 0.2) is 0 Å². The molecule has 2 rings (SSSR count). The highest BCUT2D eigenvalue weighted by atomic mass is 19.4. The Labute approximate surface area is 113 Å². The van der Waals surface area contributed by atoms with Gasteiger partial charge in [0.2, 0.25) is 0 Å². The normalized spacial score (nSPS) is 27.8. The number of amides is 2. The van der Waals surface area contributed by atoms with E-state index in [0.717, 1.165) is 4.90 Å². The maximum atomic E-state index is 13.0. The van der Waals surface area contributed by atoms with Crippen molar-refractivity contribution in [2.45, 2.75) is 12.6 Å². The van der Waals surface area contributed by atoms with E-state index in [1.165, 1.54) is 4.90 Å². The number of carboxylic acids is 1. The van der Waals surface area contributed by atoms with Crippen LogP contribution in [0.3, 0.4) is 0 Å². The summed E-state index contributed by atoms with van der Waals surface area (Å²) in [5.74, 6) is -1.93. The Morgan fingerprint density at radius 1 is 1.10 bits per heavy atom. The van der Waals surface area contributed by atoms with E-state index in [2.05, 4.69) is 0 Å². The molecule has 2 amide bonds. The first-order chi connectivity index (χ1) is 9.28. The molecule has 0 saturated carbocycles. The summed E-state index contributed by atoms with van der Waals surface area (Å²) in [7, 11) is 0. The maximum Gasteiger partial charge on any atom is 0.406 e. The lowest BCUT2D eigenvalue weighted by Gasteiger charge is -2.32. The Balaban J connectivity index is 2.10. The summed E-state index contributed by atoms with van der Waals surface area (Å²) in [6, 6.07) is -0.555. The number of carboxylic acid groups (broad SMARTS) is 1. The maximum absolute atomic E-state index is 13.0. The van der Waals surface area contributed by atoms with Gasteiger partial charge in [0, 0.05) is 26.2 Å². The summed E-state index contributed by atoms with van der Waals surface area (Å²) >= 11 is 0. The van der Waals surface area contributed by atoms with E-state index in [4.69, 9.17) is 9.84 Å². The molecule has 2 fully saturated rings. The third-order valence-electron chi connectivity index (χ3n) is 3.77. The zero-order chi connectivity index (χ0) is 15.0. The predicted octanol–water partition coefficient (Wildman–Crippen LogP) is 0.778. The Bertz CT molecular complexity index is 409. The third kappa shape index (κ3) is 2.41. The van der Waals surface area contributed by atoms with Crippen LogP contribution in [0.1, 0.15) is 6.42 Å². The average molecular weight is 296 g/mol. The van der Waals surface area contributed by atoms with Gasteiger partial charge in [-0.05, 0) is 6.42 Å². The van der Waals surface area contributed by atoms with Crippen LogP contribution in [0.2, 0.25) is 0 Å². The predicted molar refractivity (Wildman–Crippen MR) is 60.1 cm³/mol. The highest BCUT2D eigenvalue weighted by Gasteiger charge is 2.64. The Hall–Kier alpha value is -1.51. The first-order valence-electron chi connectivity index (χ1n) is 6.20. The quantitative estimate of drug-likeness (QED) is 0.776. The SMILES string of the molecule is O=C(N1CCOCC1)N1CCC(C(=O)O)(C(F)(F)F)C1.